The Morgan fingerprint density at radius 1 is 1.21 bits per heavy atom. The van der Waals surface area contributed by atoms with Crippen LogP contribution in [0.5, 0.6) is 5.75 Å². The highest BCUT2D eigenvalue weighted by atomic mass is 32.2. The zero-order chi connectivity index (χ0) is 17.3. The Morgan fingerprint density at radius 2 is 1.96 bits per heavy atom. The lowest BCUT2D eigenvalue weighted by Crippen LogP contribution is -2.28. The van der Waals surface area contributed by atoms with Crippen molar-refractivity contribution in [2.75, 3.05) is 23.8 Å². The minimum Gasteiger partial charge on any atom is -0.495 e. The number of fused-ring (bicyclic) bond motifs is 1. The molecule has 24 heavy (non-hydrogen) atoms. The summed E-state index contributed by atoms with van der Waals surface area (Å²) in [7, 11) is -0.872. The normalized spacial score (nSPS) is 16.2. The molecule has 0 aliphatic carbocycles. The Bertz CT molecular complexity index is 880. The van der Waals surface area contributed by atoms with Crippen LogP contribution in [0, 0.1) is 0 Å². The summed E-state index contributed by atoms with van der Waals surface area (Å²) in [5.74, 6) is 0.288. The van der Waals surface area contributed by atoms with E-state index in [0.29, 0.717) is 17.8 Å². The number of carbonyl (C=O) groups is 1. The molecule has 126 valence electrons. The second-order valence-electron chi connectivity index (χ2n) is 5.53. The largest absolute Gasteiger partial charge is 0.495 e. The lowest BCUT2D eigenvalue weighted by Gasteiger charge is -2.23. The number of nitrogens with one attached hydrogen (secondary N) is 1. The summed E-state index contributed by atoms with van der Waals surface area (Å²) in [6, 6.07) is 11.5. The topological polar surface area (TPSA) is 75.7 Å². The van der Waals surface area contributed by atoms with Crippen LogP contribution < -0.4 is 14.4 Å². The molecule has 2 aromatic rings. The summed E-state index contributed by atoms with van der Waals surface area (Å²) in [5, 5.41) is 3.08. The highest BCUT2D eigenvalue weighted by Gasteiger charge is 2.30. The van der Waals surface area contributed by atoms with Gasteiger partial charge in [0.15, 0.2) is 0 Å². The minimum atomic E-state index is -3.80. The Kier molecular flexibility index (Phi) is 4.19. The molecule has 1 N–H and O–H groups in total. The van der Waals surface area contributed by atoms with E-state index in [-0.39, 0.29) is 16.7 Å². The van der Waals surface area contributed by atoms with Crippen molar-refractivity contribution in [3.63, 3.8) is 0 Å². The molecule has 7 heteroatoms. The average Bonchev–Trinajstić information content (AvgIpc) is 3.04. The Morgan fingerprint density at radius 3 is 2.67 bits per heavy atom. The van der Waals surface area contributed by atoms with Gasteiger partial charge in [0.1, 0.15) is 16.9 Å². The van der Waals surface area contributed by atoms with Crippen LogP contribution in [0.15, 0.2) is 47.4 Å². The van der Waals surface area contributed by atoms with Crippen LogP contribution >= 0.6 is 0 Å². The lowest BCUT2D eigenvalue weighted by molar-refractivity contribution is -0.108. The van der Waals surface area contributed by atoms with E-state index in [9.17, 15) is 13.2 Å². The molecule has 0 fully saturated rings. The summed E-state index contributed by atoms with van der Waals surface area (Å²) in [6.07, 6.45) is 1.38. The maximum Gasteiger partial charge on any atom is 0.267 e. The third kappa shape index (κ3) is 2.60. The molecule has 1 atom stereocenters. The molecule has 0 bridgehead atoms. The summed E-state index contributed by atoms with van der Waals surface area (Å²) < 4.78 is 32.4. The van der Waals surface area contributed by atoms with Gasteiger partial charge in [-0.25, -0.2) is 8.42 Å². The smallest absolute Gasteiger partial charge is 0.267 e. The molecule has 0 saturated carbocycles. The first-order valence-electron chi connectivity index (χ1n) is 7.44. The van der Waals surface area contributed by atoms with Crippen molar-refractivity contribution < 1.29 is 17.9 Å². The molecule has 1 heterocycles. The summed E-state index contributed by atoms with van der Waals surface area (Å²) >= 11 is 0. The maximum absolute atomic E-state index is 13.0. The second-order valence-corrected chi connectivity index (χ2v) is 7.46. The van der Waals surface area contributed by atoms with Crippen LogP contribution in [-0.2, 0) is 21.2 Å². The van der Waals surface area contributed by atoms with Crippen LogP contribution in [-0.4, -0.2) is 34.9 Å². The van der Waals surface area contributed by atoms with Gasteiger partial charge in [0.25, 0.3) is 10.0 Å². The Labute approximate surface area is 141 Å². The number of sulfonamides is 1. The van der Waals surface area contributed by atoms with E-state index < -0.39 is 10.0 Å². The SMILES string of the molecule is COc1ccccc1S(=O)(=O)N(C)c1cccc2c1NC(C=O)C2. The summed E-state index contributed by atoms with van der Waals surface area (Å²) in [5.41, 5.74) is 2.10. The Hall–Kier alpha value is -2.54. The highest BCUT2D eigenvalue weighted by molar-refractivity contribution is 7.93. The van der Waals surface area contributed by atoms with E-state index in [0.717, 1.165) is 11.8 Å². The lowest BCUT2D eigenvalue weighted by atomic mass is 10.1. The number of carbonyl (C=O) groups excluding carboxylic acids is 1. The summed E-state index contributed by atoms with van der Waals surface area (Å²) in [6.45, 7) is 0. The first-order valence-corrected chi connectivity index (χ1v) is 8.88. The molecule has 6 nitrogen and oxygen atoms in total. The van der Waals surface area contributed by atoms with Crippen molar-refractivity contribution in [1.29, 1.82) is 0 Å². The van der Waals surface area contributed by atoms with Gasteiger partial charge in [0.05, 0.1) is 24.5 Å². The van der Waals surface area contributed by atoms with Gasteiger partial charge in [-0.1, -0.05) is 24.3 Å². The molecule has 0 radical (unpaired) electrons. The van der Waals surface area contributed by atoms with Crippen molar-refractivity contribution in [3.05, 3.63) is 48.0 Å². The third-order valence-corrected chi connectivity index (χ3v) is 5.92. The van der Waals surface area contributed by atoms with E-state index in [2.05, 4.69) is 5.32 Å². The van der Waals surface area contributed by atoms with Gasteiger partial charge < -0.3 is 14.8 Å². The number of hydrogen-bond acceptors (Lipinski definition) is 5. The number of hydrogen-bond donors (Lipinski definition) is 1. The first-order chi connectivity index (χ1) is 11.5. The van der Waals surface area contributed by atoms with Crippen molar-refractivity contribution >= 4 is 27.7 Å². The van der Waals surface area contributed by atoms with Gasteiger partial charge in [-0.05, 0) is 23.8 Å². The third-order valence-electron chi connectivity index (χ3n) is 4.11. The fraction of sp³-hybridized carbons (Fsp3) is 0.235. The van der Waals surface area contributed by atoms with Crippen LogP contribution in [0.1, 0.15) is 5.56 Å². The van der Waals surface area contributed by atoms with E-state index in [1.54, 1.807) is 30.3 Å². The highest BCUT2D eigenvalue weighted by Crippen LogP contribution is 2.38. The molecule has 1 aliphatic rings. The number of nitrogens with zero attached hydrogens (tertiary/aromatic N) is 1. The molecular weight excluding hydrogens is 328 g/mol. The van der Waals surface area contributed by atoms with E-state index in [4.69, 9.17) is 4.74 Å². The molecule has 0 aromatic heterocycles. The first kappa shape index (κ1) is 16.3. The monoisotopic (exact) mass is 346 g/mol. The van der Waals surface area contributed by atoms with Gasteiger partial charge >= 0.3 is 0 Å². The van der Waals surface area contributed by atoms with Gasteiger partial charge in [-0.2, -0.15) is 0 Å². The number of benzene rings is 2. The molecule has 0 amide bonds. The molecule has 0 saturated heterocycles. The maximum atomic E-state index is 13.0. The van der Waals surface area contributed by atoms with Gasteiger partial charge in [-0.15, -0.1) is 0 Å². The second kappa shape index (κ2) is 6.16. The number of aldehydes is 1. The predicted molar refractivity (Wildman–Crippen MR) is 92.2 cm³/mol. The standard InChI is InChI=1S/C17H18N2O4S/c1-19(24(21,22)16-9-4-3-8-15(16)23-2)14-7-5-6-12-10-13(11-20)18-17(12)14/h3-9,11,13,18H,10H2,1-2H3. The van der Waals surface area contributed by atoms with Crippen molar-refractivity contribution in [2.24, 2.45) is 0 Å². The van der Waals surface area contributed by atoms with Crippen molar-refractivity contribution in [3.8, 4) is 5.75 Å². The van der Waals surface area contributed by atoms with E-state index >= 15 is 0 Å². The van der Waals surface area contributed by atoms with Crippen molar-refractivity contribution in [2.45, 2.75) is 17.4 Å². The number of ether oxygens (including phenoxy) is 1. The zero-order valence-corrected chi connectivity index (χ0v) is 14.2. The number of rotatable bonds is 5. The van der Waals surface area contributed by atoms with Gasteiger partial charge in [-0.3, -0.25) is 4.31 Å². The summed E-state index contributed by atoms with van der Waals surface area (Å²) in [4.78, 5) is 11.1. The van der Waals surface area contributed by atoms with Crippen LogP contribution in [0.2, 0.25) is 0 Å². The molecular formula is C17H18N2O4S. The number of methoxy groups -OCH3 is 1. The number of anilines is 2. The van der Waals surface area contributed by atoms with Crippen LogP contribution in [0.25, 0.3) is 0 Å². The molecule has 0 spiro atoms. The van der Waals surface area contributed by atoms with Gasteiger partial charge in [0, 0.05) is 13.5 Å². The quantitative estimate of drug-likeness (QED) is 0.839. The fourth-order valence-electron chi connectivity index (χ4n) is 2.85. The zero-order valence-electron chi connectivity index (χ0n) is 13.4. The fourth-order valence-corrected chi connectivity index (χ4v) is 4.21. The molecule has 1 unspecified atom stereocenters. The molecule has 3 rings (SSSR count). The molecule has 2 aromatic carbocycles. The van der Waals surface area contributed by atoms with Crippen LogP contribution in [0.3, 0.4) is 0 Å². The van der Waals surface area contributed by atoms with E-state index in [1.807, 2.05) is 6.07 Å². The average molecular weight is 346 g/mol. The van der Waals surface area contributed by atoms with E-state index in [1.165, 1.54) is 24.5 Å². The van der Waals surface area contributed by atoms with Gasteiger partial charge in [0.2, 0.25) is 0 Å². The number of para-hydroxylation sites is 2. The van der Waals surface area contributed by atoms with Crippen molar-refractivity contribution in [1.82, 2.24) is 0 Å². The molecule has 1 aliphatic heterocycles. The minimum absolute atomic E-state index is 0.0949. The Balaban J connectivity index is 2.06. The predicted octanol–water partition coefficient (Wildman–Crippen LogP) is 2.06. The van der Waals surface area contributed by atoms with Crippen LogP contribution in [0.4, 0.5) is 11.4 Å².